The summed E-state index contributed by atoms with van der Waals surface area (Å²) in [6, 6.07) is 6.77. The fourth-order valence-corrected chi connectivity index (χ4v) is 9.02. The molecule has 0 spiro atoms. The van der Waals surface area contributed by atoms with Gasteiger partial charge in [0.15, 0.2) is 0 Å². The van der Waals surface area contributed by atoms with E-state index in [1.54, 1.807) is 14.1 Å². The van der Waals surface area contributed by atoms with E-state index in [-0.39, 0.29) is 22.3 Å². The first-order valence-electron chi connectivity index (χ1n) is 13.0. The number of rotatable bonds is 2. The Morgan fingerprint density at radius 1 is 0.568 bits per heavy atom. The molecule has 2 aliphatic rings. The van der Waals surface area contributed by atoms with E-state index in [0.29, 0.717) is 23.5 Å². The SMILES string of the molecule is Cn1c(/C=C2\C(=O)C(=O)c3c(F)cc(F)cc32)cc2sc3c(sc4cc(/C=C5\C(=O)C(=O)c6c(F)cc(F)cc65)n(C)c43)c21. The molecule has 0 amide bonds. The summed E-state index contributed by atoms with van der Waals surface area (Å²) >= 11 is 2.95. The number of carbonyl (C=O) groups is 4. The molecule has 0 fully saturated rings. The van der Waals surface area contributed by atoms with Crippen molar-refractivity contribution in [3.63, 3.8) is 0 Å². The van der Waals surface area contributed by atoms with E-state index in [1.165, 1.54) is 34.8 Å². The van der Waals surface area contributed by atoms with E-state index in [9.17, 15) is 36.7 Å². The maximum atomic E-state index is 14.3. The number of halogens is 4. The van der Waals surface area contributed by atoms with Gasteiger partial charge in [0.1, 0.15) is 23.3 Å². The van der Waals surface area contributed by atoms with E-state index in [0.717, 1.165) is 42.0 Å². The number of ketones is 4. The third kappa shape index (κ3) is 3.40. The highest BCUT2D eigenvalue weighted by Crippen LogP contribution is 2.47. The standard InChI is InChI=1S/C32H14F4N2O4S2/c1-37-13(7-17-15-3-11(33)5-19(35)23(15)29(41)27(17)39)9-21-25(37)31-32(43-21)26-22(44-31)10-14(38(26)2)8-18-16-4-12(34)6-20(36)24(16)30(42)28(18)40/h3-10H,1-2H3/b17-7-,18-8-. The van der Waals surface area contributed by atoms with Gasteiger partial charge in [-0.05, 0) is 36.4 Å². The summed E-state index contributed by atoms with van der Waals surface area (Å²) in [4.78, 5) is 50.3. The molecule has 0 atom stereocenters. The number of aromatic nitrogens is 2. The number of aryl methyl sites for hydroxylation is 2. The van der Waals surface area contributed by atoms with Crippen molar-refractivity contribution in [1.29, 1.82) is 0 Å². The monoisotopic (exact) mass is 630 g/mol. The van der Waals surface area contributed by atoms with Crippen LogP contribution in [-0.4, -0.2) is 32.3 Å². The van der Waals surface area contributed by atoms with Crippen LogP contribution in [-0.2, 0) is 23.7 Å². The van der Waals surface area contributed by atoms with Gasteiger partial charge in [-0.3, -0.25) is 19.2 Å². The van der Waals surface area contributed by atoms with Gasteiger partial charge in [-0.2, -0.15) is 0 Å². The quantitative estimate of drug-likeness (QED) is 0.116. The van der Waals surface area contributed by atoms with Crippen molar-refractivity contribution in [2.75, 3.05) is 0 Å². The molecule has 0 saturated carbocycles. The number of benzene rings is 2. The summed E-state index contributed by atoms with van der Waals surface area (Å²) in [6.45, 7) is 0. The van der Waals surface area contributed by atoms with Crippen LogP contribution >= 0.6 is 22.7 Å². The lowest BCUT2D eigenvalue weighted by molar-refractivity contribution is -0.110. The molecule has 0 N–H and O–H groups in total. The summed E-state index contributed by atoms with van der Waals surface area (Å²) in [5, 5.41) is 0. The molecular formula is C32H14F4N2O4S2. The molecule has 8 rings (SSSR count). The number of fused-ring (bicyclic) bond motifs is 7. The lowest BCUT2D eigenvalue weighted by Gasteiger charge is -2.03. The van der Waals surface area contributed by atoms with E-state index in [4.69, 9.17) is 0 Å². The van der Waals surface area contributed by atoms with Crippen LogP contribution in [0.2, 0.25) is 0 Å². The van der Waals surface area contributed by atoms with E-state index >= 15 is 0 Å². The zero-order valence-electron chi connectivity index (χ0n) is 22.5. The van der Waals surface area contributed by atoms with Gasteiger partial charge in [0, 0.05) is 59.9 Å². The van der Waals surface area contributed by atoms with Crippen LogP contribution in [0.25, 0.3) is 53.1 Å². The Kier molecular flexibility index (Phi) is 5.34. The average molecular weight is 631 g/mol. The fourth-order valence-electron chi connectivity index (χ4n) is 6.11. The molecule has 0 bridgehead atoms. The number of hydrogen-bond acceptors (Lipinski definition) is 6. The van der Waals surface area contributed by atoms with Gasteiger partial charge in [0.05, 0.1) is 41.0 Å². The lowest BCUT2D eigenvalue weighted by Crippen LogP contribution is -2.07. The molecule has 0 radical (unpaired) electrons. The van der Waals surface area contributed by atoms with Crippen LogP contribution in [0.5, 0.6) is 0 Å². The predicted octanol–water partition coefficient (Wildman–Crippen LogP) is 7.11. The van der Waals surface area contributed by atoms with Crippen LogP contribution in [0.15, 0.2) is 36.4 Å². The third-order valence-corrected chi connectivity index (χ3v) is 10.6. The van der Waals surface area contributed by atoms with Crippen molar-refractivity contribution >= 4 is 98.9 Å². The molecule has 4 heterocycles. The van der Waals surface area contributed by atoms with Gasteiger partial charge < -0.3 is 9.13 Å². The first kappa shape index (κ1) is 26.7. The Hall–Kier alpha value is -4.94. The second-order valence-electron chi connectivity index (χ2n) is 10.6. The molecule has 6 nitrogen and oxygen atoms in total. The zero-order valence-corrected chi connectivity index (χ0v) is 24.1. The normalized spacial score (nSPS) is 16.7. The van der Waals surface area contributed by atoms with Crippen molar-refractivity contribution < 1.29 is 36.7 Å². The maximum Gasteiger partial charge on any atom is 0.237 e. The van der Waals surface area contributed by atoms with Gasteiger partial charge in [-0.15, -0.1) is 22.7 Å². The fraction of sp³-hybridized carbons (Fsp3) is 0.0625. The van der Waals surface area contributed by atoms with Crippen LogP contribution in [0.4, 0.5) is 17.6 Å². The Bertz CT molecular complexity index is 2320. The number of carbonyl (C=O) groups excluding carboxylic acids is 4. The second-order valence-corrected chi connectivity index (χ2v) is 12.7. The molecule has 0 saturated heterocycles. The summed E-state index contributed by atoms with van der Waals surface area (Å²) in [7, 11) is 3.57. The topological polar surface area (TPSA) is 78.1 Å². The molecule has 0 aliphatic heterocycles. The van der Waals surface area contributed by atoms with Crippen LogP contribution < -0.4 is 0 Å². The average Bonchev–Trinajstić information content (AvgIpc) is 3.73. The van der Waals surface area contributed by atoms with Gasteiger partial charge in [0.25, 0.3) is 0 Å². The minimum atomic E-state index is -1.08. The number of nitrogens with zero attached hydrogens (tertiary/aromatic N) is 2. The Morgan fingerprint density at radius 3 is 1.34 bits per heavy atom. The smallest absolute Gasteiger partial charge is 0.237 e. The van der Waals surface area contributed by atoms with E-state index < -0.39 is 57.5 Å². The maximum absolute atomic E-state index is 14.3. The Labute approximate surface area is 251 Å². The third-order valence-electron chi connectivity index (χ3n) is 8.16. The highest BCUT2D eigenvalue weighted by Gasteiger charge is 2.38. The minimum absolute atomic E-state index is 0.0775. The van der Waals surface area contributed by atoms with Crippen LogP contribution in [0, 0.1) is 23.3 Å². The molecular weight excluding hydrogens is 616 g/mol. The first-order valence-corrected chi connectivity index (χ1v) is 14.7. The Morgan fingerprint density at radius 2 is 0.955 bits per heavy atom. The number of allylic oxidation sites excluding steroid dienone is 2. The van der Waals surface area contributed by atoms with Crippen molar-refractivity contribution in [1.82, 2.24) is 9.13 Å². The zero-order chi connectivity index (χ0) is 30.9. The summed E-state index contributed by atoms with van der Waals surface area (Å²) in [5.74, 6) is -7.78. The molecule has 4 aromatic heterocycles. The largest absolute Gasteiger partial charge is 0.342 e. The van der Waals surface area contributed by atoms with Crippen LogP contribution in [0.1, 0.15) is 43.2 Å². The van der Waals surface area contributed by atoms with Gasteiger partial charge in [0.2, 0.25) is 23.1 Å². The highest BCUT2D eigenvalue weighted by molar-refractivity contribution is 7.36. The van der Waals surface area contributed by atoms with Crippen molar-refractivity contribution in [2.45, 2.75) is 0 Å². The summed E-state index contributed by atoms with van der Waals surface area (Å²) < 4.78 is 63.9. The molecule has 6 aromatic rings. The number of hydrogen-bond donors (Lipinski definition) is 0. The van der Waals surface area contributed by atoms with E-state index in [1.807, 2.05) is 21.3 Å². The molecule has 0 unspecified atom stereocenters. The predicted molar refractivity (Wildman–Crippen MR) is 160 cm³/mol. The summed E-state index contributed by atoms with van der Waals surface area (Å²) in [5.41, 5.74) is 1.66. The van der Waals surface area contributed by atoms with E-state index in [2.05, 4.69) is 0 Å². The van der Waals surface area contributed by atoms with Crippen LogP contribution in [0.3, 0.4) is 0 Å². The van der Waals surface area contributed by atoms with Gasteiger partial charge >= 0.3 is 0 Å². The van der Waals surface area contributed by atoms with Gasteiger partial charge in [-0.1, -0.05) is 0 Å². The van der Waals surface area contributed by atoms with Gasteiger partial charge in [-0.25, -0.2) is 17.6 Å². The first-order chi connectivity index (χ1) is 20.9. The number of Topliss-reactive ketones (excluding diaryl/α,β-unsaturated/α-hetero) is 4. The summed E-state index contributed by atoms with van der Waals surface area (Å²) in [6.07, 6.45) is 2.93. The van der Waals surface area contributed by atoms with Crippen molar-refractivity contribution in [2.24, 2.45) is 14.1 Å². The Balaban J connectivity index is 1.25. The highest BCUT2D eigenvalue weighted by atomic mass is 32.1. The minimum Gasteiger partial charge on any atom is -0.342 e. The molecule has 2 aliphatic carbocycles. The molecule has 12 heteroatoms. The molecule has 2 aromatic carbocycles. The number of thiophene rings is 2. The van der Waals surface area contributed by atoms with Crippen molar-refractivity contribution in [3.8, 4) is 0 Å². The molecule has 44 heavy (non-hydrogen) atoms. The van der Waals surface area contributed by atoms with Crippen molar-refractivity contribution in [3.05, 3.63) is 93.3 Å². The lowest BCUT2D eigenvalue weighted by atomic mass is 10.1. The second kappa shape index (κ2) is 8.80. The molecule has 216 valence electrons.